The highest BCUT2D eigenvalue weighted by Crippen LogP contribution is 2.30. The molecule has 0 amide bonds. The Hall–Kier alpha value is -2.11. The first kappa shape index (κ1) is 11.4. The molecule has 1 aromatic rings. The van der Waals surface area contributed by atoms with Gasteiger partial charge in [-0.1, -0.05) is 0 Å². The maximum Gasteiger partial charge on any atom is 0.371 e. The molecule has 6 heteroatoms. The topological polar surface area (TPSA) is 99.2 Å². The zero-order chi connectivity index (χ0) is 12.4. The largest absolute Gasteiger partial charge is 0.502 e. The van der Waals surface area contributed by atoms with E-state index in [1.54, 1.807) is 10.9 Å². The van der Waals surface area contributed by atoms with E-state index in [0.29, 0.717) is 11.5 Å². The highest BCUT2D eigenvalue weighted by Gasteiger charge is 2.22. The summed E-state index contributed by atoms with van der Waals surface area (Å²) in [6.07, 6.45) is 6.52. The molecule has 0 unspecified atom stereocenters. The average molecular weight is 235 g/mol. The summed E-state index contributed by atoms with van der Waals surface area (Å²) in [5, 5.41) is 29.2. The quantitative estimate of drug-likeness (QED) is 0.405. The van der Waals surface area contributed by atoms with Crippen molar-refractivity contribution in [2.75, 3.05) is 0 Å². The molecule has 0 bridgehead atoms. The van der Waals surface area contributed by atoms with Gasteiger partial charge in [-0.3, -0.25) is 4.68 Å². The molecule has 0 spiro atoms. The van der Waals surface area contributed by atoms with Crippen molar-refractivity contribution in [2.24, 2.45) is 5.92 Å². The normalized spacial score (nSPS) is 15.9. The Morgan fingerprint density at radius 3 is 2.88 bits per heavy atom. The fourth-order valence-corrected chi connectivity index (χ4v) is 1.45. The number of aromatic nitrogens is 2. The van der Waals surface area contributed by atoms with E-state index in [1.165, 1.54) is 19.0 Å². The molecule has 0 saturated heterocycles. The molecular weight excluding hydrogens is 222 g/mol. The van der Waals surface area contributed by atoms with E-state index in [2.05, 4.69) is 5.10 Å². The number of hydrogen-bond donors (Lipinski definition) is 3. The lowest BCUT2D eigenvalue weighted by Crippen LogP contribution is -2.03. The van der Waals surface area contributed by atoms with Crippen molar-refractivity contribution in [1.82, 2.24) is 9.78 Å². The molecule has 6 nitrogen and oxygen atoms in total. The van der Waals surface area contributed by atoms with Crippen LogP contribution in [0.1, 0.15) is 18.4 Å². The number of carboxylic acid groups (broad SMARTS) is 1. The van der Waals surface area contributed by atoms with E-state index in [-0.39, 0.29) is 5.71 Å². The van der Waals surface area contributed by atoms with Crippen LogP contribution in [0.5, 0.6) is 0 Å². The van der Waals surface area contributed by atoms with Gasteiger partial charge in [-0.25, -0.2) is 4.79 Å². The predicted molar refractivity (Wildman–Crippen MR) is 60.1 cm³/mol. The molecule has 90 valence electrons. The number of hydrogen-bond acceptors (Lipinski definition) is 4. The molecule has 0 radical (unpaired) electrons. The number of aliphatic hydroxyl groups is 1. The fraction of sp³-hybridized carbons (Fsp3) is 0.364. The summed E-state index contributed by atoms with van der Waals surface area (Å²) in [6.45, 7) is 0.835. The van der Waals surface area contributed by atoms with Gasteiger partial charge in [0.25, 0.3) is 0 Å². The lowest BCUT2D eigenvalue weighted by atomic mass is 10.2. The van der Waals surface area contributed by atoms with Crippen molar-refractivity contribution in [3.05, 3.63) is 29.8 Å². The van der Waals surface area contributed by atoms with Crippen molar-refractivity contribution in [2.45, 2.75) is 19.4 Å². The van der Waals surface area contributed by atoms with E-state index in [9.17, 15) is 4.79 Å². The number of carbonyl (C=O) groups is 1. The minimum absolute atomic E-state index is 0.0630. The zero-order valence-corrected chi connectivity index (χ0v) is 9.13. The first-order valence-corrected chi connectivity index (χ1v) is 5.31. The Morgan fingerprint density at radius 2 is 2.29 bits per heavy atom. The van der Waals surface area contributed by atoms with E-state index in [0.717, 1.165) is 12.6 Å². The summed E-state index contributed by atoms with van der Waals surface area (Å²) >= 11 is 0. The second-order valence-corrected chi connectivity index (χ2v) is 4.14. The van der Waals surface area contributed by atoms with Crippen LogP contribution in [0, 0.1) is 11.3 Å². The van der Waals surface area contributed by atoms with Gasteiger partial charge in [0.15, 0.2) is 0 Å². The summed E-state index contributed by atoms with van der Waals surface area (Å²) in [7, 11) is 0. The molecule has 0 atom stereocenters. The molecule has 0 aliphatic heterocycles. The monoisotopic (exact) mass is 235 g/mol. The minimum atomic E-state index is -1.44. The molecule has 1 saturated carbocycles. The maximum absolute atomic E-state index is 10.4. The highest BCUT2D eigenvalue weighted by atomic mass is 16.4. The van der Waals surface area contributed by atoms with Crippen LogP contribution >= 0.6 is 0 Å². The van der Waals surface area contributed by atoms with Crippen LogP contribution in [-0.4, -0.2) is 31.7 Å². The van der Waals surface area contributed by atoms with Crippen molar-refractivity contribution in [1.29, 1.82) is 5.41 Å². The zero-order valence-electron chi connectivity index (χ0n) is 9.13. The van der Waals surface area contributed by atoms with Crippen LogP contribution in [0.25, 0.3) is 0 Å². The number of nitrogens with zero attached hydrogens (tertiary/aromatic N) is 2. The third-order valence-corrected chi connectivity index (χ3v) is 2.59. The number of rotatable bonds is 5. The summed E-state index contributed by atoms with van der Waals surface area (Å²) in [5.41, 5.74) is 0.436. The van der Waals surface area contributed by atoms with E-state index >= 15 is 0 Å². The molecule has 1 fully saturated rings. The number of aliphatic carboxylic acids is 1. The lowest BCUT2D eigenvalue weighted by Gasteiger charge is -1.97. The molecule has 1 aromatic heterocycles. The first-order chi connectivity index (χ1) is 8.06. The summed E-state index contributed by atoms with van der Waals surface area (Å²) in [5.74, 6) is -1.61. The van der Waals surface area contributed by atoms with Crippen LogP contribution in [0.15, 0.2) is 24.2 Å². The molecule has 3 N–H and O–H groups in total. The van der Waals surface area contributed by atoms with E-state index in [4.69, 9.17) is 15.6 Å². The third kappa shape index (κ3) is 2.93. The Labute approximate surface area is 97.7 Å². The second-order valence-electron chi connectivity index (χ2n) is 4.14. The Bertz CT molecular complexity index is 486. The summed E-state index contributed by atoms with van der Waals surface area (Å²) in [6, 6.07) is 0. The fourth-order valence-electron chi connectivity index (χ4n) is 1.45. The van der Waals surface area contributed by atoms with E-state index in [1.807, 2.05) is 0 Å². The average Bonchev–Trinajstić information content (AvgIpc) is 2.94. The molecule has 17 heavy (non-hydrogen) atoms. The second kappa shape index (κ2) is 4.40. The van der Waals surface area contributed by atoms with Gasteiger partial charge in [0.1, 0.15) is 0 Å². The molecule has 1 aliphatic rings. The van der Waals surface area contributed by atoms with Crippen molar-refractivity contribution in [3.63, 3.8) is 0 Å². The van der Waals surface area contributed by atoms with Crippen molar-refractivity contribution < 1.29 is 15.0 Å². The SMILES string of the molecule is N=C(/C=C(\O)C(=O)O)c1cnn(CC2CC2)c1. The number of nitrogens with one attached hydrogen (secondary N) is 1. The summed E-state index contributed by atoms with van der Waals surface area (Å²) < 4.78 is 1.74. The molecule has 0 aromatic carbocycles. The van der Waals surface area contributed by atoms with Gasteiger partial charge in [0.05, 0.1) is 11.9 Å². The van der Waals surface area contributed by atoms with Gasteiger partial charge in [0, 0.05) is 24.4 Å². The number of allylic oxidation sites excluding steroid dienone is 1. The maximum atomic E-state index is 10.4. The smallest absolute Gasteiger partial charge is 0.371 e. The molecule has 2 rings (SSSR count). The van der Waals surface area contributed by atoms with Crippen LogP contribution in [0.3, 0.4) is 0 Å². The molecule has 1 aliphatic carbocycles. The van der Waals surface area contributed by atoms with Crippen LogP contribution in [-0.2, 0) is 11.3 Å². The Kier molecular flexibility index (Phi) is 2.95. The Morgan fingerprint density at radius 1 is 1.59 bits per heavy atom. The predicted octanol–water partition coefficient (Wildman–Crippen LogP) is 1.19. The van der Waals surface area contributed by atoms with Gasteiger partial charge < -0.3 is 15.6 Å². The van der Waals surface area contributed by atoms with Gasteiger partial charge in [-0.05, 0) is 18.8 Å². The highest BCUT2D eigenvalue weighted by molar-refractivity contribution is 6.09. The van der Waals surface area contributed by atoms with Gasteiger partial charge >= 0.3 is 5.97 Å². The van der Waals surface area contributed by atoms with Crippen molar-refractivity contribution >= 4 is 11.7 Å². The van der Waals surface area contributed by atoms with Crippen LogP contribution in [0.2, 0.25) is 0 Å². The van der Waals surface area contributed by atoms with Gasteiger partial charge in [-0.15, -0.1) is 0 Å². The number of carboxylic acids is 1. The summed E-state index contributed by atoms with van der Waals surface area (Å²) in [4.78, 5) is 10.4. The van der Waals surface area contributed by atoms with E-state index < -0.39 is 11.7 Å². The molecule has 1 heterocycles. The minimum Gasteiger partial charge on any atom is -0.502 e. The standard InChI is InChI=1S/C11H13N3O3/c12-9(3-10(15)11(16)17)8-4-13-14(6-8)5-7-1-2-7/h3-4,6-7,12,15H,1-2,5H2,(H,16,17)/b10-3-,12-9?. The van der Waals surface area contributed by atoms with Crippen LogP contribution in [0.4, 0.5) is 0 Å². The Balaban J connectivity index is 2.05. The van der Waals surface area contributed by atoms with Gasteiger partial charge in [0.2, 0.25) is 5.76 Å². The number of aliphatic hydroxyl groups excluding tert-OH is 1. The first-order valence-electron chi connectivity index (χ1n) is 5.31. The van der Waals surface area contributed by atoms with Gasteiger partial charge in [-0.2, -0.15) is 5.10 Å². The van der Waals surface area contributed by atoms with Crippen LogP contribution < -0.4 is 0 Å². The lowest BCUT2D eigenvalue weighted by molar-refractivity contribution is -0.135. The molecular formula is C11H13N3O3. The van der Waals surface area contributed by atoms with Crippen molar-refractivity contribution in [3.8, 4) is 0 Å². The third-order valence-electron chi connectivity index (χ3n) is 2.59.